The van der Waals surface area contributed by atoms with Crippen LogP contribution in [0.4, 0.5) is 10.5 Å². The van der Waals surface area contributed by atoms with Crippen LogP contribution in [0.15, 0.2) is 24.3 Å². The molecule has 7 heteroatoms. The summed E-state index contributed by atoms with van der Waals surface area (Å²) in [6, 6.07) is 6.42. The van der Waals surface area contributed by atoms with Gasteiger partial charge < -0.3 is 15.0 Å². The lowest BCUT2D eigenvalue weighted by molar-refractivity contribution is -0.384. The molecular weight excluding hydrogens is 298 g/mol. The second-order valence-electron chi connectivity index (χ2n) is 6.66. The third-order valence-electron chi connectivity index (χ3n) is 3.60. The van der Waals surface area contributed by atoms with Gasteiger partial charge in [-0.05, 0) is 32.8 Å². The number of nitro benzene ring substituents is 1. The van der Waals surface area contributed by atoms with Gasteiger partial charge in [0, 0.05) is 31.8 Å². The monoisotopic (exact) mass is 321 g/mol. The number of hydrogen-bond donors (Lipinski definition) is 1. The lowest BCUT2D eigenvalue weighted by Gasteiger charge is -2.37. The van der Waals surface area contributed by atoms with Crippen molar-refractivity contribution in [2.75, 3.05) is 19.6 Å². The smallest absolute Gasteiger partial charge is 0.410 e. The van der Waals surface area contributed by atoms with Crippen LogP contribution in [-0.2, 0) is 11.2 Å². The van der Waals surface area contributed by atoms with Gasteiger partial charge in [-0.15, -0.1) is 0 Å². The van der Waals surface area contributed by atoms with E-state index < -0.39 is 10.5 Å². The summed E-state index contributed by atoms with van der Waals surface area (Å²) in [5.74, 6) is 0. The highest BCUT2D eigenvalue weighted by Gasteiger charge is 2.30. The summed E-state index contributed by atoms with van der Waals surface area (Å²) in [6.45, 7) is 7.54. The normalized spacial score (nSPS) is 18.6. The van der Waals surface area contributed by atoms with E-state index in [4.69, 9.17) is 4.74 Å². The van der Waals surface area contributed by atoms with Gasteiger partial charge in [-0.1, -0.05) is 12.1 Å². The Bertz CT molecular complexity index is 566. The van der Waals surface area contributed by atoms with Crippen molar-refractivity contribution in [1.82, 2.24) is 10.2 Å². The van der Waals surface area contributed by atoms with Crippen LogP contribution in [0.1, 0.15) is 26.3 Å². The fourth-order valence-corrected chi connectivity index (χ4v) is 2.53. The van der Waals surface area contributed by atoms with E-state index in [1.54, 1.807) is 17.0 Å². The molecule has 0 aromatic heterocycles. The van der Waals surface area contributed by atoms with Gasteiger partial charge in [0.05, 0.1) is 11.0 Å². The van der Waals surface area contributed by atoms with E-state index in [0.29, 0.717) is 19.5 Å². The predicted molar refractivity (Wildman–Crippen MR) is 86.4 cm³/mol. The average Bonchev–Trinajstić information content (AvgIpc) is 2.46. The first-order valence-corrected chi connectivity index (χ1v) is 7.70. The van der Waals surface area contributed by atoms with Crippen LogP contribution >= 0.6 is 0 Å². The number of hydrogen-bond acceptors (Lipinski definition) is 5. The molecule has 1 aromatic rings. The number of nitrogens with one attached hydrogen (secondary N) is 1. The summed E-state index contributed by atoms with van der Waals surface area (Å²) in [6.07, 6.45) is 0.315. The lowest BCUT2D eigenvalue weighted by Crippen LogP contribution is -2.55. The minimum Gasteiger partial charge on any atom is -0.444 e. The van der Waals surface area contributed by atoms with Crippen LogP contribution in [0.2, 0.25) is 0 Å². The van der Waals surface area contributed by atoms with Crippen molar-refractivity contribution in [2.24, 2.45) is 0 Å². The van der Waals surface area contributed by atoms with Crippen molar-refractivity contribution in [2.45, 2.75) is 38.8 Å². The molecule has 1 aromatic carbocycles. The number of carbonyl (C=O) groups excluding carboxylic acids is 1. The maximum Gasteiger partial charge on any atom is 0.410 e. The van der Waals surface area contributed by atoms with Crippen LogP contribution in [0, 0.1) is 10.1 Å². The minimum atomic E-state index is -0.528. The molecule has 1 amide bonds. The molecule has 1 fully saturated rings. The standard InChI is InChI=1S/C16H23N3O4/c1-16(2,3)23-15(20)18-9-8-17-11-14(18)10-12-4-6-13(7-5-12)19(21)22/h4-7,14,17H,8-11H2,1-3H3/t14-/m1/s1. The Kier molecular flexibility index (Phi) is 5.20. The first-order chi connectivity index (χ1) is 10.8. The topological polar surface area (TPSA) is 84.7 Å². The molecule has 1 heterocycles. The molecule has 0 spiro atoms. The molecular formula is C16H23N3O4. The van der Waals surface area contributed by atoms with Gasteiger partial charge in [-0.2, -0.15) is 0 Å². The molecule has 1 N–H and O–H groups in total. The number of amides is 1. The SMILES string of the molecule is CC(C)(C)OC(=O)N1CCNC[C@H]1Cc1ccc([N+](=O)[O-])cc1. The third-order valence-corrected chi connectivity index (χ3v) is 3.60. The van der Waals surface area contributed by atoms with Gasteiger partial charge in [-0.3, -0.25) is 10.1 Å². The molecule has 1 saturated heterocycles. The summed E-state index contributed by atoms with van der Waals surface area (Å²) in [7, 11) is 0. The van der Waals surface area contributed by atoms with E-state index in [-0.39, 0.29) is 17.8 Å². The Morgan fingerprint density at radius 2 is 2.04 bits per heavy atom. The molecule has 0 aliphatic carbocycles. The largest absolute Gasteiger partial charge is 0.444 e. The number of rotatable bonds is 3. The highest BCUT2D eigenvalue weighted by molar-refractivity contribution is 5.68. The van der Waals surface area contributed by atoms with Crippen LogP contribution in [0.5, 0.6) is 0 Å². The fraction of sp³-hybridized carbons (Fsp3) is 0.562. The van der Waals surface area contributed by atoms with Crippen molar-refractivity contribution in [3.63, 3.8) is 0 Å². The molecule has 23 heavy (non-hydrogen) atoms. The lowest BCUT2D eigenvalue weighted by atomic mass is 10.0. The van der Waals surface area contributed by atoms with Crippen molar-refractivity contribution < 1.29 is 14.5 Å². The molecule has 0 bridgehead atoms. The molecule has 126 valence electrons. The predicted octanol–water partition coefficient (Wildman–Crippen LogP) is 2.35. The third kappa shape index (κ3) is 4.92. The Morgan fingerprint density at radius 3 is 2.61 bits per heavy atom. The number of ether oxygens (including phenoxy) is 1. The Morgan fingerprint density at radius 1 is 1.39 bits per heavy atom. The number of piperazine rings is 1. The highest BCUT2D eigenvalue weighted by atomic mass is 16.6. The van der Waals surface area contributed by atoms with Crippen LogP contribution in [0.25, 0.3) is 0 Å². The Balaban J connectivity index is 2.06. The van der Waals surface area contributed by atoms with Crippen LogP contribution in [-0.4, -0.2) is 47.2 Å². The van der Waals surface area contributed by atoms with E-state index >= 15 is 0 Å². The molecule has 1 aliphatic rings. The molecule has 2 rings (SSSR count). The van der Waals surface area contributed by atoms with Gasteiger partial charge in [0.2, 0.25) is 0 Å². The molecule has 7 nitrogen and oxygen atoms in total. The molecule has 1 atom stereocenters. The number of nitrogens with zero attached hydrogens (tertiary/aromatic N) is 2. The van der Waals surface area contributed by atoms with Crippen molar-refractivity contribution >= 4 is 11.8 Å². The summed E-state index contributed by atoms with van der Waals surface area (Å²) >= 11 is 0. The van der Waals surface area contributed by atoms with E-state index in [0.717, 1.165) is 12.1 Å². The first-order valence-electron chi connectivity index (χ1n) is 7.70. The van der Waals surface area contributed by atoms with Gasteiger partial charge in [-0.25, -0.2) is 4.79 Å². The Labute approximate surface area is 135 Å². The van der Waals surface area contributed by atoms with Crippen LogP contribution in [0.3, 0.4) is 0 Å². The van der Waals surface area contributed by atoms with E-state index in [2.05, 4.69) is 5.32 Å². The Hall–Kier alpha value is -2.15. The second kappa shape index (κ2) is 6.95. The average molecular weight is 321 g/mol. The quantitative estimate of drug-likeness (QED) is 0.682. The van der Waals surface area contributed by atoms with E-state index in [1.807, 2.05) is 20.8 Å². The summed E-state index contributed by atoms with van der Waals surface area (Å²) in [5, 5.41) is 14.0. The van der Waals surface area contributed by atoms with E-state index in [9.17, 15) is 14.9 Å². The summed E-state index contributed by atoms with van der Waals surface area (Å²) in [4.78, 5) is 24.4. The number of non-ortho nitro benzene ring substituents is 1. The minimum absolute atomic E-state index is 0.0277. The maximum atomic E-state index is 12.3. The van der Waals surface area contributed by atoms with Gasteiger partial charge in [0.25, 0.3) is 5.69 Å². The first kappa shape index (κ1) is 17.2. The second-order valence-corrected chi connectivity index (χ2v) is 6.66. The maximum absolute atomic E-state index is 12.3. The van der Waals surface area contributed by atoms with Gasteiger partial charge >= 0.3 is 6.09 Å². The zero-order chi connectivity index (χ0) is 17.0. The van der Waals surface area contributed by atoms with Gasteiger partial charge in [0.1, 0.15) is 5.60 Å². The number of nitro groups is 1. The van der Waals surface area contributed by atoms with Gasteiger partial charge in [0.15, 0.2) is 0 Å². The summed E-state index contributed by atoms with van der Waals surface area (Å²) < 4.78 is 5.47. The molecule has 0 saturated carbocycles. The zero-order valence-corrected chi connectivity index (χ0v) is 13.7. The summed E-state index contributed by atoms with van der Waals surface area (Å²) in [5.41, 5.74) is 0.497. The van der Waals surface area contributed by atoms with Crippen molar-refractivity contribution in [1.29, 1.82) is 0 Å². The van der Waals surface area contributed by atoms with Crippen molar-refractivity contribution in [3.8, 4) is 0 Å². The van der Waals surface area contributed by atoms with Crippen molar-refractivity contribution in [3.05, 3.63) is 39.9 Å². The fourth-order valence-electron chi connectivity index (χ4n) is 2.53. The van der Waals surface area contributed by atoms with E-state index in [1.165, 1.54) is 12.1 Å². The molecule has 1 aliphatic heterocycles. The van der Waals surface area contributed by atoms with Crippen LogP contribution < -0.4 is 5.32 Å². The zero-order valence-electron chi connectivity index (χ0n) is 13.7. The number of benzene rings is 1. The molecule has 0 radical (unpaired) electrons. The highest BCUT2D eigenvalue weighted by Crippen LogP contribution is 2.18. The molecule has 0 unspecified atom stereocenters. The number of carbonyl (C=O) groups is 1.